The van der Waals surface area contributed by atoms with Crippen LogP contribution in [0.4, 0.5) is 8.78 Å². The molecule has 0 heterocycles. The van der Waals surface area contributed by atoms with E-state index in [0.29, 0.717) is 6.42 Å². The lowest BCUT2D eigenvalue weighted by molar-refractivity contribution is -0.0395. The predicted molar refractivity (Wildman–Crippen MR) is 72.4 cm³/mol. The normalized spacial score (nSPS) is 21.8. The Bertz CT molecular complexity index is 529. The summed E-state index contributed by atoms with van der Waals surface area (Å²) in [7, 11) is -4.02. The Morgan fingerprint density at radius 3 is 2.20 bits per heavy atom. The van der Waals surface area contributed by atoms with Crippen LogP contribution < -0.4 is 5.73 Å². The molecule has 0 radical (unpaired) electrons. The number of nitrogens with two attached hydrogens (primary N) is 1. The molecule has 2 rings (SSSR count). The van der Waals surface area contributed by atoms with E-state index in [1.54, 1.807) is 12.1 Å². The van der Waals surface area contributed by atoms with Crippen molar-refractivity contribution < 1.29 is 21.8 Å². The fourth-order valence-electron chi connectivity index (χ4n) is 1.92. The first-order valence-electron chi connectivity index (χ1n) is 6.28. The van der Waals surface area contributed by atoms with Crippen molar-refractivity contribution in [2.75, 3.05) is 0 Å². The molecule has 20 heavy (non-hydrogen) atoms. The average molecular weight is 307 g/mol. The topological polar surface area (TPSA) is 80.4 Å². The van der Waals surface area contributed by atoms with Gasteiger partial charge >= 0.3 is 0 Å². The molecular weight excluding hydrogens is 288 g/mol. The van der Waals surface area contributed by atoms with Crippen molar-refractivity contribution in [3.05, 3.63) is 29.8 Å². The smallest absolute Gasteiger partial charge is 0.294 e. The maximum absolute atomic E-state index is 12.4. The van der Waals surface area contributed by atoms with E-state index < -0.39 is 16.0 Å². The molecule has 3 N–H and O–H groups in total. The highest BCUT2D eigenvalue weighted by Gasteiger charge is 2.34. The van der Waals surface area contributed by atoms with E-state index in [-0.39, 0.29) is 23.8 Å². The average Bonchev–Trinajstić information content (AvgIpc) is 2.27. The van der Waals surface area contributed by atoms with E-state index >= 15 is 0 Å². The van der Waals surface area contributed by atoms with Crippen LogP contribution in [0, 0.1) is 6.92 Å². The lowest BCUT2D eigenvalue weighted by atomic mass is 9.93. The molecule has 0 amide bonds. The fraction of sp³-hybridized carbons (Fsp3) is 0.538. The summed E-state index contributed by atoms with van der Waals surface area (Å²) in [5.41, 5.74) is 6.29. The molecule has 0 unspecified atom stereocenters. The van der Waals surface area contributed by atoms with Gasteiger partial charge in [0.2, 0.25) is 5.92 Å². The summed E-state index contributed by atoms with van der Waals surface area (Å²) < 4.78 is 54.3. The van der Waals surface area contributed by atoms with Crippen molar-refractivity contribution in [1.82, 2.24) is 0 Å². The summed E-state index contributed by atoms with van der Waals surface area (Å²) in [4.78, 5) is -0.0666. The number of hydrogen-bond acceptors (Lipinski definition) is 3. The van der Waals surface area contributed by atoms with Gasteiger partial charge in [-0.15, -0.1) is 0 Å². The van der Waals surface area contributed by atoms with Gasteiger partial charge in [0.15, 0.2) is 0 Å². The Balaban J connectivity index is 0.000000204. The molecule has 0 bridgehead atoms. The molecule has 0 aromatic heterocycles. The minimum Gasteiger partial charge on any atom is -0.327 e. The van der Waals surface area contributed by atoms with Gasteiger partial charge in [-0.2, -0.15) is 8.42 Å². The van der Waals surface area contributed by atoms with Crippen LogP contribution in [0.25, 0.3) is 0 Å². The lowest BCUT2D eigenvalue weighted by Gasteiger charge is -2.25. The van der Waals surface area contributed by atoms with Gasteiger partial charge < -0.3 is 5.73 Å². The first-order valence-corrected chi connectivity index (χ1v) is 7.72. The van der Waals surface area contributed by atoms with Crippen molar-refractivity contribution in [2.45, 2.75) is 49.5 Å². The van der Waals surface area contributed by atoms with Crippen molar-refractivity contribution in [1.29, 1.82) is 0 Å². The zero-order valence-electron chi connectivity index (χ0n) is 11.2. The van der Waals surface area contributed by atoms with E-state index in [1.165, 1.54) is 12.1 Å². The third-order valence-electron chi connectivity index (χ3n) is 3.00. The van der Waals surface area contributed by atoms with Crippen molar-refractivity contribution in [2.24, 2.45) is 5.73 Å². The van der Waals surface area contributed by atoms with Crippen LogP contribution in [0.1, 0.15) is 31.2 Å². The summed E-state index contributed by atoms with van der Waals surface area (Å²) in [6, 6.07) is 5.72. The minimum absolute atomic E-state index is 0.0285. The van der Waals surface area contributed by atoms with Crippen LogP contribution in [0.2, 0.25) is 0 Å². The molecule has 4 nitrogen and oxygen atoms in total. The SMILES string of the molecule is Cc1ccc(S(=O)(=O)O)cc1.N[C@H]1CCCC(F)(F)C1. The highest BCUT2D eigenvalue weighted by atomic mass is 32.2. The maximum Gasteiger partial charge on any atom is 0.294 e. The molecule has 0 aliphatic heterocycles. The van der Waals surface area contributed by atoms with Crippen molar-refractivity contribution in [3.8, 4) is 0 Å². The first kappa shape index (κ1) is 17.0. The molecule has 1 aliphatic rings. The highest BCUT2D eigenvalue weighted by Crippen LogP contribution is 2.31. The third-order valence-corrected chi connectivity index (χ3v) is 3.87. The van der Waals surface area contributed by atoms with E-state index in [4.69, 9.17) is 10.3 Å². The number of rotatable bonds is 1. The van der Waals surface area contributed by atoms with Gasteiger partial charge in [0.05, 0.1) is 4.90 Å². The summed E-state index contributed by atoms with van der Waals surface area (Å²) in [5.74, 6) is -2.47. The van der Waals surface area contributed by atoms with Crippen LogP contribution in [0.15, 0.2) is 29.2 Å². The largest absolute Gasteiger partial charge is 0.327 e. The van der Waals surface area contributed by atoms with E-state index in [2.05, 4.69) is 0 Å². The molecule has 1 fully saturated rings. The van der Waals surface area contributed by atoms with Gasteiger partial charge in [0, 0.05) is 18.9 Å². The van der Waals surface area contributed by atoms with Gasteiger partial charge in [0.25, 0.3) is 10.1 Å². The Morgan fingerprint density at radius 1 is 1.30 bits per heavy atom. The van der Waals surface area contributed by atoms with E-state index in [1.807, 2.05) is 6.92 Å². The van der Waals surface area contributed by atoms with Crippen molar-refractivity contribution in [3.63, 3.8) is 0 Å². The van der Waals surface area contributed by atoms with Gasteiger partial charge in [-0.3, -0.25) is 4.55 Å². The third kappa shape index (κ3) is 5.94. The second-order valence-corrected chi connectivity index (χ2v) is 6.42. The molecule has 114 valence electrons. The van der Waals surface area contributed by atoms with Gasteiger partial charge in [-0.25, -0.2) is 8.78 Å². The molecule has 1 aromatic rings. The summed E-state index contributed by atoms with van der Waals surface area (Å²) in [6.07, 6.45) is 1.25. The van der Waals surface area contributed by atoms with Crippen molar-refractivity contribution >= 4 is 10.1 Å². The molecule has 7 heteroatoms. The molecule has 0 saturated heterocycles. The number of halogens is 2. The van der Waals surface area contributed by atoms with Gasteiger partial charge in [0.1, 0.15) is 0 Å². The van der Waals surface area contributed by atoms with Crippen LogP contribution in [-0.4, -0.2) is 24.9 Å². The second kappa shape index (κ2) is 6.60. The van der Waals surface area contributed by atoms with Gasteiger partial charge in [-0.1, -0.05) is 17.7 Å². The van der Waals surface area contributed by atoms with Crippen LogP contribution in [0.5, 0.6) is 0 Å². The van der Waals surface area contributed by atoms with Crippen LogP contribution >= 0.6 is 0 Å². The minimum atomic E-state index is -4.02. The highest BCUT2D eigenvalue weighted by molar-refractivity contribution is 7.85. The summed E-state index contributed by atoms with van der Waals surface area (Å²) >= 11 is 0. The summed E-state index contributed by atoms with van der Waals surface area (Å²) in [5, 5.41) is 0. The fourth-order valence-corrected chi connectivity index (χ4v) is 2.40. The zero-order chi connectivity index (χ0) is 15.4. The van der Waals surface area contributed by atoms with Crippen LogP contribution in [0.3, 0.4) is 0 Å². The molecule has 0 spiro atoms. The Hall–Kier alpha value is -1.05. The number of hydrogen-bond donors (Lipinski definition) is 2. The van der Waals surface area contributed by atoms with E-state index in [0.717, 1.165) is 12.0 Å². The predicted octanol–water partition coefficient (Wildman–Crippen LogP) is 2.76. The maximum atomic E-state index is 12.4. The first-order chi connectivity index (χ1) is 9.10. The van der Waals surface area contributed by atoms with E-state index in [9.17, 15) is 17.2 Å². The summed E-state index contributed by atoms with van der Waals surface area (Å²) in [6.45, 7) is 1.84. The van der Waals surface area contributed by atoms with Gasteiger partial charge in [-0.05, 0) is 31.9 Å². The lowest BCUT2D eigenvalue weighted by Crippen LogP contribution is -2.34. The standard InChI is InChI=1S/C7H8O3S.C6H11F2N/c1-6-2-4-7(5-3-6)11(8,9)10;7-6(8)3-1-2-5(9)4-6/h2-5H,1H3,(H,8,9,10);5H,1-4,9H2/t;5-/m.0/s1. The molecule has 1 atom stereocenters. The molecule has 1 aliphatic carbocycles. The molecular formula is C13H19F2NO3S. The number of benzene rings is 1. The van der Waals surface area contributed by atoms with Crippen LogP contribution in [-0.2, 0) is 10.1 Å². The zero-order valence-corrected chi connectivity index (χ0v) is 12.0. The Morgan fingerprint density at radius 2 is 1.85 bits per heavy atom. The molecule has 1 saturated carbocycles. The number of alkyl halides is 2. The Kier molecular flexibility index (Phi) is 5.61. The molecule has 1 aromatic carbocycles. The Labute approximate surface area is 117 Å². The quantitative estimate of drug-likeness (QED) is 0.782. The monoisotopic (exact) mass is 307 g/mol. The second-order valence-electron chi connectivity index (χ2n) is 5.00. The number of aryl methyl sites for hydroxylation is 1.